The van der Waals surface area contributed by atoms with Gasteiger partial charge in [0.2, 0.25) is 0 Å². The zero-order chi connectivity index (χ0) is 21.0. The number of hydrogen-bond acceptors (Lipinski definition) is 3. The fraction of sp³-hybridized carbons (Fsp3) is 0.280. The number of rotatable bonds is 7. The molecule has 4 heteroatoms. The van der Waals surface area contributed by atoms with E-state index in [-0.39, 0.29) is 12.3 Å². The van der Waals surface area contributed by atoms with Crippen molar-refractivity contribution in [1.82, 2.24) is 0 Å². The van der Waals surface area contributed by atoms with Crippen LogP contribution in [0.1, 0.15) is 42.0 Å². The average Bonchev–Trinajstić information content (AvgIpc) is 2.91. The molecule has 0 saturated carbocycles. The highest BCUT2D eigenvalue weighted by molar-refractivity contribution is 6.06. The van der Waals surface area contributed by atoms with E-state index in [4.69, 9.17) is 0 Å². The second kappa shape index (κ2) is 8.58. The van der Waals surface area contributed by atoms with Crippen molar-refractivity contribution in [2.45, 2.75) is 45.8 Å². The van der Waals surface area contributed by atoms with Crippen molar-refractivity contribution in [3.63, 3.8) is 0 Å². The van der Waals surface area contributed by atoms with E-state index < -0.39 is 5.60 Å². The monoisotopic (exact) mass is 388 g/mol. The Morgan fingerprint density at radius 2 is 2.00 bits per heavy atom. The molecule has 2 aromatic rings. The van der Waals surface area contributed by atoms with Crippen molar-refractivity contribution < 1.29 is 9.90 Å². The fourth-order valence-corrected chi connectivity index (χ4v) is 3.95. The third kappa shape index (κ3) is 4.08. The first-order chi connectivity index (χ1) is 13.9. The van der Waals surface area contributed by atoms with Gasteiger partial charge in [-0.05, 0) is 63.1 Å². The Balaban J connectivity index is 1.93. The Kier molecular flexibility index (Phi) is 6.14. The number of para-hydroxylation sites is 1. The zero-order valence-electron chi connectivity index (χ0n) is 17.4. The highest BCUT2D eigenvalue weighted by atomic mass is 16.3. The van der Waals surface area contributed by atoms with E-state index >= 15 is 0 Å². The summed E-state index contributed by atoms with van der Waals surface area (Å²) in [5.41, 5.74) is 4.23. The molecule has 3 rings (SSSR count). The number of fused-ring (bicyclic) bond motifs is 1. The molecule has 0 aliphatic carbocycles. The number of nitrogens with zero attached hydrogens (tertiary/aromatic N) is 2. The molecule has 1 aliphatic rings. The first kappa shape index (κ1) is 20.7. The van der Waals surface area contributed by atoms with Crippen molar-refractivity contribution in [3.05, 3.63) is 88.6 Å². The summed E-state index contributed by atoms with van der Waals surface area (Å²) in [6.45, 7) is 9.98. The number of amides is 1. The number of aliphatic imine (C=N–C) groups is 1. The molecular weight excluding hydrogens is 360 g/mol. The minimum Gasteiger partial charge on any atom is -0.375 e. The number of benzene rings is 2. The van der Waals surface area contributed by atoms with Crippen molar-refractivity contribution in [2.75, 3.05) is 4.90 Å². The van der Waals surface area contributed by atoms with Gasteiger partial charge in [0, 0.05) is 11.8 Å². The van der Waals surface area contributed by atoms with Crippen LogP contribution in [0.4, 0.5) is 5.69 Å². The lowest BCUT2D eigenvalue weighted by Crippen LogP contribution is -2.40. The molecule has 0 saturated heterocycles. The summed E-state index contributed by atoms with van der Waals surface area (Å²) >= 11 is 0. The lowest BCUT2D eigenvalue weighted by Gasteiger charge is -2.24. The molecule has 0 radical (unpaired) electrons. The Bertz CT molecular complexity index is 990. The maximum absolute atomic E-state index is 13.4. The number of aryl methyl sites for hydroxylation is 2. The fourth-order valence-electron chi connectivity index (χ4n) is 3.95. The lowest BCUT2D eigenvalue weighted by molar-refractivity contribution is -0.136. The number of hydrogen-bond donors (Lipinski definition) is 1. The lowest BCUT2D eigenvalue weighted by atomic mass is 9.89. The van der Waals surface area contributed by atoms with Gasteiger partial charge in [-0.3, -0.25) is 9.79 Å². The van der Waals surface area contributed by atoms with Gasteiger partial charge in [0.05, 0.1) is 12.2 Å². The first-order valence-corrected chi connectivity index (χ1v) is 9.88. The molecule has 4 nitrogen and oxygen atoms in total. The third-order valence-corrected chi connectivity index (χ3v) is 5.48. The van der Waals surface area contributed by atoms with Crippen molar-refractivity contribution in [3.8, 4) is 0 Å². The normalized spacial score (nSPS) is 19.1. The number of allylic oxidation sites excluding steroid dienone is 3. The molecule has 0 spiro atoms. The second-order valence-electron chi connectivity index (χ2n) is 7.59. The highest BCUT2D eigenvalue weighted by Gasteiger charge is 2.49. The van der Waals surface area contributed by atoms with Crippen molar-refractivity contribution in [2.24, 2.45) is 4.99 Å². The summed E-state index contributed by atoms with van der Waals surface area (Å²) in [4.78, 5) is 18.9. The molecule has 1 N–H and O–H groups in total. The predicted octanol–water partition coefficient (Wildman–Crippen LogP) is 4.98. The standard InChI is InChI=1S/C25H28N2O2/c1-5-8-20(16-26-4)13-14-25(29)22-9-6-7-10-23(22)27(24(25)28)17-21-12-11-18(2)15-19(21)3/h5-12,15-16,29H,4,13-14,17H2,1-3H3/b8-5-,20-16+. The van der Waals surface area contributed by atoms with E-state index in [1.54, 1.807) is 11.1 Å². The Hall–Kier alpha value is -2.98. The summed E-state index contributed by atoms with van der Waals surface area (Å²) < 4.78 is 0. The van der Waals surface area contributed by atoms with Crippen LogP contribution in [0.3, 0.4) is 0 Å². The molecule has 2 aromatic carbocycles. The molecule has 1 aliphatic heterocycles. The van der Waals surface area contributed by atoms with Crippen LogP contribution < -0.4 is 4.90 Å². The van der Waals surface area contributed by atoms with Gasteiger partial charge >= 0.3 is 0 Å². The van der Waals surface area contributed by atoms with Gasteiger partial charge in [-0.1, -0.05) is 54.1 Å². The molecule has 1 unspecified atom stereocenters. The van der Waals surface area contributed by atoms with Gasteiger partial charge in [-0.2, -0.15) is 0 Å². The Morgan fingerprint density at radius 1 is 1.24 bits per heavy atom. The topological polar surface area (TPSA) is 52.9 Å². The molecule has 0 aromatic heterocycles. The Morgan fingerprint density at radius 3 is 2.69 bits per heavy atom. The van der Waals surface area contributed by atoms with Gasteiger partial charge < -0.3 is 10.0 Å². The second-order valence-corrected chi connectivity index (χ2v) is 7.59. The molecule has 0 bridgehead atoms. The molecule has 0 fully saturated rings. The predicted molar refractivity (Wildman–Crippen MR) is 119 cm³/mol. The highest BCUT2D eigenvalue weighted by Crippen LogP contribution is 2.44. The molecule has 1 heterocycles. The summed E-state index contributed by atoms with van der Waals surface area (Å²) in [7, 11) is 0. The van der Waals surface area contributed by atoms with Crippen LogP contribution in [0.15, 0.2) is 71.4 Å². The van der Waals surface area contributed by atoms with Crippen LogP contribution in [-0.4, -0.2) is 17.7 Å². The summed E-state index contributed by atoms with van der Waals surface area (Å²) in [5, 5.41) is 11.5. The van der Waals surface area contributed by atoms with E-state index in [2.05, 4.69) is 43.8 Å². The Labute approximate surface area is 172 Å². The van der Waals surface area contributed by atoms with Crippen LogP contribution >= 0.6 is 0 Å². The molecular formula is C25H28N2O2. The number of aliphatic hydroxyl groups is 1. The van der Waals surface area contributed by atoms with Gasteiger partial charge in [0.1, 0.15) is 0 Å². The SMILES string of the molecule is C=N/C=C(\C=C/C)CCC1(O)C(=O)N(Cc2ccc(C)cc2C)c2ccccc21. The van der Waals surface area contributed by atoms with Crippen LogP contribution in [0, 0.1) is 13.8 Å². The van der Waals surface area contributed by atoms with Gasteiger partial charge in [-0.25, -0.2) is 0 Å². The number of anilines is 1. The van der Waals surface area contributed by atoms with Crippen molar-refractivity contribution in [1.29, 1.82) is 0 Å². The maximum Gasteiger partial charge on any atom is 0.264 e. The maximum atomic E-state index is 13.4. The van der Waals surface area contributed by atoms with Crippen LogP contribution in [0.25, 0.3) is 0 Å². The number of carbonyl (C=O) groups excluding carboxylic acids is 1. The summed E-state index contributed by atoms with van der Waals surface area (Å²) in [5.74, 6) is -0.273. The molecule has 1 amide bonds. The van der Waals surface area contributed by atoms with Crippen molar-refractivity contribution >= 4 is 18.3 Å². The molecule has 150 valence electrons. The van der Waals surface area contributed by atoms with E-state index in [0.717, 1.165) is 22.4 Å². The third-order valence-electron chi connectivity index (χ3n) is 5.48. The smallest absolute Gasteiger partial charge is 0.264 e. The minimum atomic E-state index is -1.54. The van der Waals surface area contributed by atoms with Gasteiger partial charge in [0.15, 0.2) is 5.60 Å². The summed E-state index contributed by atoms with van der Waals surface area (Å²) in [6.07, 6.45) is 6.33. The van der Waals surface area contributed by atoms with Gasteiger partial charge in [-0.15, -0.1) is 0 Å². The van der Waals surface area contributed by atoms with Crippen LogP contribution in [-0.2, 0) is 16.9 Å². The van der Waals surface area contributed by atoms with Crippen LogP contribution in [0.2, 0.25) is 0 Å². The zero-order valence-corrected chi connectivity index (χ0v) is 17.4. The first-order valence-electron chi connectivity index (χ1n) is 9.88. The largest absolute Gasteiger partial charge is 0.375 e. The van der Waals surface area contributed by atoms with E-state index in [1.165, 1.54) is 5.56 Å². The van der Waals surface area contributed by atoms with E-state index in [9.17, 15) is 9.90 Å². The van der Waals surface area contributed by atoms with Crippen LogP contribution in [0.5, 0.6) is 0 Å². The summed E-state index contributed by atoms with van der Waals surface area (Å²) in [6, 6.07) is 13.7. The number of carbonyl (C=O) groups is 1. The van der Waals surface area contributed by atoms with E-state index in [1.807, 2.05) is 43.3 Å². The van der Waals surface area contributed by atoms with Gasteiger partial charge in [0.25, 0.3) is 5.91 Å². The molecule has 29 heavy (non-hydrogen) atoms. The molecule has 1 atom stereocenters. The average molecular weight is 389 g/mol. The van der Waals surface area contributed by atoms with E-state index in [0.29, 0.717) is 18.5 Å². The minimum absolute atomic E-state index is 0.273. The quantitative estimate of drug-likeness (QED) is 0.537.